The van der Waals surface area contributed by atoms with E-state index in [4.69, 9.17) is 5.11 Å². The predicted molar refractivity (Wildman–Crippen MR) is 79.8 cm³/mol. The van der Waals surface area contributed by atoms with Crippen molar-refractivity contribution in [3.8, 4) is 0 Å². The molecule has 0 bridgehead atoms. The summed E-state index contributed by atoms with van der Waals surface area (Å²) in [4.78, 5) is 25.2. The first-order chi connectivity index (χ1) is 9.35. The minimum Gasteiger partial charge on any atom is -0.480 e. The third kappa shape index (κ3) is 6.75. The molecule has 0 saturated heterocycles. The second-order valence-corrected chi connectivity index (χ2v) is 5.21. The molecule has 0 aliphatic heterocycles. The van der Waals surface area contributed by atoms with E-state index >= 15 is 0 Å². The number of carboxylic acid groups (broad SMARTS) is 1. The summed E-state index contributed by atoms with van der Waals surface area (Å²) in [5, 5.41) is 14.5. The van der Waals surface area contributed by atoms with Gasteiger partial charge in [-0.2, -0.15) is 0 Å². The van der Waals surface area contributed by atoms with Gasteiger partial charge >= 0.3 is 12.0 Å². The smallest absolute Gasteiger partial charge is 0.326 e. The van der Waals surface area contributed by atoms with E-state index < -0.39 is 18.0 Å². The molecule has 0 saturated carbocycles. The van der Waals surface area contributed by atoms with Gasteiger partial charge in [0.25, 0.3) is 0 Å². The Morgan fingerprint density at radius 3 is 2.05 bits per heavy atom. The fraction of sp³-hybridized carbons (Fsp3) is 0.857. The van der Waals surface area contributed by atoms with Crippen LogP contribution in [0.25, 0.3) is 0 Å². The second kappa shape index (κ2) is 9.58. The van der Waals surface area contributed by atoms with Crippen LogP contribution in [0.3, 0.4) is 0 Å². The van der Waals surface area contributed by atoms with Crippen LogP contribution in [0, 0.1) is 5.92 Å². The van der Waals surface area contributed by atoms with Crippen molar-refractivity contribution in [3.05, 3.63) is 0 Å². The maximum Gasteiger partial charge on any atom is 0.326 e. The number of hydrogen-bond donors (Lipinski definition) is 3. The quantitative estimate of drug-likeness (QED) is 0.600. The van der Waals surface area contributed by atoms with E-state index in [2.05, 4.69) is 29.4 Å². The van der Waals surface area contributed by atoms with Crippen molar-refractivity contribution in [2.45, 2.75) is 53.1 Å². The van der Waals surface area contributed by atoms with E-state index in [0.717, 1.165) is 19.6 Å². The van der Waals surface area contributed by atoms with Crippen molar-refractivity contribution in [1.29, 1.82) is 0 Å². The first-order valence-corrected chi connectivity index (χ1v) is 7.37. The molecule has 20 heavy (non-hydrogen) atoms. The average molecular weight is 287 g/mol. The molecule has 0 aliphatic carbocycles. The molecule has 0 aromatic rings. The van der Waals surface area contributed by atoms with Crippen LogP contribution in [0.4, 0.5) is 4.79 Å². The number of carbonyl (C=O) groups is 2. The van der Waals surface area contributed by atoms with E-state index in [-0.39, 0.29) is 12.0 Å². The summed E-state index contributed by atoms with van der Waals surface area (Å²) >= 11 is 0. The van der Waals surface area contributed by atoms with Crippen LogP contribution in [0.5, 0.6) is 0 Å². The van der Waals surface area contributed by atoms with Crippen LogP contribution < -0.4 is 10.6 Å². The van der Waals surface area contributed by atoms with Crippen molar-refractivity contribution in [3.63, 3.8) is 0 Å². The van der Waals surface area contributed by atoms with Crippen molar-refractivity contribution in [2.24, 2.45) is 5.92 Å². The van der Waals surface area contributed by atoms with Crippen molar-refractivity contribution >= 4 is 12.0 Å². The maximum absolute atomic E-state index is 11.8. The number of hydrogen-bond acceptors (Lipinski definition) is 3. The molecule has 0 aliphatic rings. The van der Waals surface area contributed by atoms with E-state index in [1.807, 2.05) is 20.8 Å². The third-order valence-corrected chi connectivity index (χ3v) is 3.57. The zero-order valence-electron chi connectivity index (χ0n) is 13.3. The SMILES string of the molecule is CCC(C)[C@H](NC(=O)NC(C)CN(CC)CC)C(=O)O. The Labute approximate surface area is 121 Å². The van der Waals surface area contributed by atoms with Gasteiger partial charge in [0.15, 0.2) is 0 Å². The van der Waals surface area contributed by atoms with E-state index in [1.165, 1.54) is 0 Å². The van der Waals surface area contributed by atoms with Crippen LogP contribution in [0.2, 0.25) is 0 Å². The number of nitrogens with one attached hydrogen (secondary N) is 2. The largest absolute Gasteiger partial charge is 0.480 e. The number of rotatable bonds is 9. The Morgan fingerprint density at radius 1 is 1.10 bits per heavy atom. The van der Waals surface area contributed by atoms with Gasteiger partial charge in [-0.05, 0) is 25.9 Å². The van der Waals surface area contributed by atoms with Gasteiger partial charge in [-0.15, -0.1) is 0 Å². The molecule has 0 aromatic carbocycles. The monoisotopic (exact) mass is 287 g/mol. The summed E-state index contributed by atoms with van der Waals surface area (Å²) in [5.41, 5.74) is 0. The Bertz CT molecular complexity index is 306. The summed E-state index contributed by atoms with van der Waals surface area (Å²) in [7, 11) is 0. The molecule has 0 heterocycles. The van der Waals surface area contributed by atoms with Gasteiger partial charge in [0.1, 0.15) is 6.04 Å². The number of aliphatic carboxylic acids is 1. The van der Waals surface area contributed by atoms with Crippen molar-refractivity contribution < 1.29 is 14.7 Å². The highest BCUT2D eigenvalue weighted by Gasteiger charge is 2.25. The molecule has 3 N–H and O–H groups in total. The molecular weight excluding hydrogens is 258 g/mol. The van der Waals surface area contributed by atoms with Crippen molar-refractivity contribution in [1.82, 2.24) is 15.5 Å². The van der Waals surface area contributed by atoms with Gasteiger partial charge in [-0.3, -0.25) is 0 Å². The maximum atomic E-state index is 11.8. The van der Waals surface area contributed by atoms with E-state index in [0.29, 0.717) is 6.42 Å². The average Bonchev–Trinajstić information content (AvgIpc) is 2.40. The van der Waals surface area contributed by atoms with E-state index in [9.17, 15) is 9.59 Å². The summed E-state index contributed by atoms with van der Waals surface area (Å²) in [5.74, 6) is -1.10. The molecule has 0 radical (unpaired) electrons. The highest BCUT2D eigenvalue weighted by atomic mass is 16.4. The first-order valence-electron chi connectivity index (χ1n) is 7.37. The molecule has 2 unspecified atom stereocenters. The number of nitrogens with zero attached hydrogens (tertiary/aromatic N) is 1. The van der Waals surface area contributed by atoms with Gasteiger partial charge in [0.2, 0.25) is 0 Å². The molecule has 2 amide bonds. The lowest BCUT2D eigenvalue weighted by molar-refractivity contribution is -0.140. The van der Waals surface area contributed by atoms with Crippen LogP contribution in [0.15, 0.2) is 0 Å². The molecule has 0 fully saturated rings. The summed E-state index contributed by atoms with van der Waals surface area (Å²) < 4.78 is 0. The number of carbonyl (C=O) groups excluding carboxylic acids is 1. The standard InChI is InChI=1S/C14H29N3O3/c1-6-10(4)12(13(18)19)16-14(20)15-11(5)9-17(7-2)8-3/h10-12H,6-9H2,1-5H3,(H,18,19)(H2,15,16,20)/t10?,11?,12-/m0/s1. The molecule has 118 valence electrons. The lowest BCUT2D eigenvalue weighted by Gasteiger charge is -2.25. The summed E-state index contributed by atoms with van der Waals surface area (Å²) in [6, 6.07) is -1.29. The summed E-state index contributed by atoms with van der Waals surface area (Å²) in [6.07, 6.45) is 0.701. The Morgan fingerprint density at radius 2 is 1.65 bits per heavy atom. The number of likely N-dealkylation sites (N-methyl/N-ethyl adjacent to an activating group) is 1. The molecule has 0 rings (SSSR count). The van der Waals surface area contributed by atoms with E-state index in [1.54, 1.807) is 0 Å². The lowest BCUT2D eigenvalue weighted by Crippen LogP contribution is -2.52. The van der Waals surface area contributed by atoms with Gasteiger partial charge in [-0.1, -0.05) is 34.1 Å². The van der Waals surface area contributed by atoms with Crippen LogP contribution >= 0.6 is 0 Å². The highest BCUT2D eigenvalue weighted by molar-refractivity contribution is 5.82. The number of urea groups is 1. The van der Waals surface area contributed by atoms with Gasteiger partial charge in [-0.25, -0.2) is 9.59 Å². The third-order valence-electron chi connectivity index (χ3n) is 3.57. The lowest BCUT2D eigenvalue weighted by atomic mass is 9.99. The van der Waals surface area contributed by atoms with Crippen LogP contribution in [-0.4, -0.2) is 53.7 Å². The zero-order valence-corrected chi connectivity index (χ0v) is 13.3. The minimum absolute atomic E-state index is 0.0266. The molecule has 0 spiro atoms. The molecule has 0 aromatic heterocycles. The molecule has 6 nitrogen and oxygen atoms in total. The second-order valence-electron chi connectivity index (χ2n) is 5.21. The van der Waals surface area contributed by atoms with Gasteiger partial charge < -0.3 is 20.6 Å². The van der Waals surface area contributed by atoms with Crippen LogP contribution in [-0.2, 0) is 4.79 Å². The Hall–Kier alpha value is -1.30. The highest BCUT2D eigenvalue weighted by Crippen LogP contribution is 2.07. The normalized spacial score (nSPS) is 15.5. The van der Waals surface area contributed by atoms with Crippen LogP contribution in [0.1, 0.15) is 41.0 Å². The fourth-order valence-electron chi connectivity index (χ4n) is 2.00. The number of carboxylic acids is 1. The topological polar surface area (TPSA) is 81.7 Å². The molecule has 6 heteroatoms. The zero-order chi connectivity index (χ0) is 15.7. The summed E-state index contributed by atoms with van der Waals surface area (Å²) in [6.45, 7) is 12.4. The fourth-order valence-corrected chi connectivity index (χ4v) is 2.00. The van der Waals surface area contributed by atoms with Gasteiger partial charge in [0, 0.05) is 12.6 Å². The Balaban J connectivity index is 4.35. The minimum atomic E-state index is -0.995. The van der Waals surface area contributed by atoms with Gasteiger partial charge in [0.05, 0.1) is 0 Å². The molecular formula is C14H29N3O3. The Kier molecular flexibility index (Phi) is 8.96. The first kappa shape index (κ1) is 18.7. The number of amides is 2. The molecule has 3 atom stereocenters. The van der Waals surface area contributed by atoms with Crippen molar-refractivity contribution in [2.75, 3.05) is 19.6 Å². The predicted octanol–water partition coefficient (Wildman–Crippen LogP) is 1.52.